The quantitative estimate of drug-likeness (QED) is 0.152. The predicted octanol–water partition coefficient (Wildman–Crippen LogP) is 6.43. The molecule has 0 N–H and O–H groups in total. The molecule has 2 rings (SSSR count). The molecule has 0 bridgehead atoms. The molecule has 0 spiro atoms. The lowest BCUT2D eigenvalue weighted by atomic mass is 10.4. The van der Waals surface area contributed by atoms with E-state index in [9.17, 15) is 0 Å². The van der Waals surface area contributed by atoms with E-state index >= 15 is 0 Å². The molecule has 0 amide bonds. The average Bonchev–Trinajstić information content (AvgIpc) is 3.48. The Morgan fingerprint density at radius 2 is 0.969 bits per heavy atom. The largest absolute Gasteiger partial charge is 0.437 e. The second-order valence-corrected chi connectivity index (χ2v) is 23.5. The fourth-order valence-corrected chi connectivity index (χ4v) is 15.1. The van der Waals surface area contributed by atoms with Gasteiger partial charge in [0.25, 0.3) is 0 Å². The molecule has 0 saturated carbocycles. The Bertz CT molecular complexity index is 392. The first-order valence-corrected chi connectivity index (χ1v) is 21.7. The van der Waals surface area contributed by atoms with Gasteiger partial charge in [-0.2, -0.15) is 0 Å². The molecule has 2 saturated heterocycles. The predicted molar refractivity (Wildman–Crippen MR) is 144 cm³/mol. The molecule has 0 aliphatic carbocycles. The van der Waals surface area contributed by atoms with Crippen molar-refractivity contribution in [3.63, 3.8) is 0 Å². The van der Waals surface area contributed by atoms with Crippen LogP contribution in [-0.2, 0) is 27.2 Å². The van der Waals surface area contributed by atoms with Crippen LogP contribution >= 0.6 is 0 Å². The van der Waals surface area contributed by atoms with Crippen molar-refractivity contribution in [2.45, 2.75) is 112 Å². The molecule has 6 nitrogen and oxygen atoms in total. The lowest BCUT2D eigenvalue weighted by Crippen LogP contribution is -2.50. The Hall–Kier alpha value is 0.411. The highest BCUT2D eigenvalue weighted by Crippen LogP contribution is 2.19. The molecule has 0 aromatic carbocycles. The average molecular weight is 513 g/mol. The molecule has 2 atom stereocenters. The second kappa shape index (κ2) is 17.8. The fraction of sp³-hybridized carbons (Fsp3) is 1.00. The van der Waals surface area contributed by atoms with Gasteiger partial charge in [0, 0.05) is 13.2 Å². The lowest BCUT2D eigenvalue weighted by molar-refractivity contribution is 0.114. The Morgan fingerprint density at radius 3 is 1.19 bits per heavy atom. The van der Waals surface area contributed by atoms with Crippen LogP contribution in [0.15, 0.2) is 0 Å². The van der Waals surface area contributed by atoms with Crippen LogP contribution < -0.4 is 0 Å². The third-order valence-electron chi connectivity index (χ3n) is 3.80. The van der Waals surface area contributed by atoms with Crippen LogP contribution in [0.3, 0.4) is 0 Å². The first-order chi connectivity index (χ1) is 14.3. The van der Waals surface area contributed by atoms with Gasteiger partial charge in [0.05, 0.1) is 26.4 Å². The number of ether oxygens (including phenoxy) is 4. The zero-order valence-electron chi connectivity index (χ0n) is 22.2. The Morgan fingerprint density at radius 1 is 0.656 bits per heavy atom. The fourth-order valence-electron chi connectivity index (χ4n) is 2.75. The summed E-state index contributed by atoms with van der Waals surface area (Å²) in [5.41, 5.74) is 0. The smallest absolute Gasteiger partial charge is 0.311 e. The van der Waals surface area contributed by atoms with Crippen LogP contribution in [0, 0.1) is 0 Å². The van der Waals surface area contributed by atoms with Crippen molar-refractivity contribution in [3.05, 3.63) is 0 Å². The summed E-state index contributed by atoms with van der Waals surface area (Å²) < 4.78 is 32.7. The summed E-state index contributed by atoms with van der Waals surface area (Å²) in [6.07, 6.45) is 5.64. The van der Waals surface area contributed by atoms with Crippen LogP contribution in [0.4, 0.5) is 0 Å². The van der Waals surface area contributed by atoms with E-state index in [0.29, 0.717) is 12.2 Å². The van der Waals surface area contributed by atoms with Gasteiger partial charge in [0.1, 0.15) is 12.2 Å². The minimum Gasteiger partial charge on any atom is -0.437 e. The van der Waals surface area contributed by atoms with Crippen LogP contribution in [-0.4, -0.2) is 77.0 Å². The van der Waals surface area contributed by atoms with Gasteiger partial charge in [-0.3, -0.25) is 0 Å². The van der Waals surface area contributed by atoms with Crippen LogP contribution in [0.2, 0.25) is 52.4 Å². The normalized spacial score (nSPS) is 19.7. The molecule has 2 aliphatic heterocycles. The minimum absolute atomic E-state index is 0. The second-order valence-electron chi connectivity index (χ2n) is 10.6. The first kappa shape index (κ1) is 34.6. The van der Waals surface area contributed by atoms with Crippen LogP contribution in [0.1, 0.15) is 47.0 Å². The van der Waals surface area contributed by atoms with Crippen molar-refractivity contribution in [2.24, 2.45) is 0 Å². The van der Waals surface area contributed by atoms with E-state index in [1.807, 2.05) is 0 Å². The maximum absolute atomic E-state index is 6.09. The maximum Gasteiger partial charge on any atom is 0.311 e. The molecule has 196 valence electrons. The highest BCUT2D eigenvalue weighted by Gasteiger charge is 2.35. The van der Waals surface area contributed by atoms with E-state index < -0.39 is 25.2 Å². The van der Waals surface area contributed by atoms with Gasteiger partial charge >= 0.3 is 8.56 Å². The van der Waals surface area contributed by atoms with Crippen molar-refractivity contribution in [1.82, 2.24) is 0 Å². The molecule has 0 aromatic rings. The summed E-state index contributed by atoms with van der Waals surface area (Å²) in [5, 5.41) is 0. The van der Waals surface area contributed by atoms with Gasteiger partial charge in [-0.25, -0.2) is 0 Å². The Balaban J connectivity index is 0. The zero-order valence-corrected chi connectivity index (χ0v) is 25.2. The monoisotopic (exact) mass is 512 g/mol. The SMILES string of the molecule is C.CCCCOCC1CO1.CCCCOCC1CO1.C[Si](C)(C)O[Si](C)(C)O[Si](C)(C)C. The molecule has 9 heteroatoms. The van der Waals surface area contributed by atoms with Gasteiger partial charge in [0.2, 0.25) is 0 Å². The molecule has 0 radical (unpaired) electrons. The lowest BCUT2D eigenvalue weighted by Gasteiger charge is -2.35. The van der Waals surface area contributed by atoms with Crippen LogP contribution in [0.25, 0.3) is 0 Å². The molecular formula is C23H56O6Si3. The number of rotatable bonds is 14. The van der Waals surface area contributed by atoms with Crippen molar-refractivity contribution in [3.8, 4) is 0 Å². The Kier molecular flexibility index (Phi) is 19.2. The molecular weight excluding hydrogens is 457 g/mol. The van der Waals surface area contributed by atoms with Crippen molar-refractivity contribution in [1.29, 1.82) is 0 Å². The van der Waals surface area contributed by atoms with E-state index in [2.05, 4.69) is 66.2 Å². The van der Waals surface area contributed by atoms with E-state index in [0.717, 1.165) is 39.6 Å². The van der Waals surface area contributed by atoms with Crippen molar-refractivity contribution < 1.29 is 27.2 Å². The third kappa shape index (κ3) is 28.4. The summed E-state index contributed by atoms with van der Waals surface area (Å²) >= 11 is 0. The number of hydrogen-bond acceptors (Lipinski definition) is 6. The maximum atomic E-state index is 6.09. The summed E-state index contributed by atoms with van der Waals surface area (Å²) in [5.74, 6) is 0. The van der Waals surface area contributed by atoms with Gasteiger partial charge in [-0.1, -0.05) is 34.1 Å². The number of epoxide rings is 2. The van der Waals surface area contributed by atoms with Gasteiger partial charge in [-0.15, -0.1) is 0 Å². The Labute approximate surface area is 203 Å². The molecule has 2 fully saturated rings. The molecule has 2 heterocycles. The highest BCUT2D eigenvalue weighted by atomic mass is 28.5. The first-order valence-electron chi connectivity index (χ1n) is 12.1. The highest BCUT2D eigenvalue weighted by molar-refractivity contribution is 6.87. The molecule has 0 aromatic heterocycles. The summed E-state index contributed by atoms with van der Waals surface area (Å²) in [7, 11) is -4.72. The van der Waals surface area contributed by atoms with Gasteiger partial charge in [0.15, 0.2) is 16.6 Å². The summed E-state index contributed by atoms with van der Waals surface area (Å²) in [4.78, 5) is 0. The van der Waals surface area contributed by atoms with E-state index in [1.54, 1.807) is 0 Å². The molecule has 32 heavy (non-hydrogen) atoms. The summed E-state index contributed by atoms with van der Waals surface area (Å²) in [6, 6.07) is 0. The molecule has 2 aliphatic rings. The van der Waals surface area contributed by atoms with Gasteiger partial charge < -0.3 is 27.2 Å². The van der Waals surface area contributed by atoms with Gasteiger partial charge in [-0.05, 0) is 65.2 Å². The topological polar surface area (TPSA) is 62.0 Å². The summed E-state index contributed by atoms with van der Waals surface area (Å²) in [6.45, 7) is 27.2. The minimum atomic E-state index is -1.85. The standard InChI is InChI=1S/C8H24O2Si3.2C7H14O2.CH4/c1-11(2,3)9-13(7,8)10-12(4,5)6;2*1-2-3-4-8-5-7-6-9-7;/h1-8H3;2*7H,2-6H2,1H3;1H4. The number of unbranched alkanes of at least 4 members (excludes halogenated alkanes) is 2. The third-order valence-corrected chi connectivity index (χ3v) is 12.6. The molecule has 2 unspecified atom stereocenters. The van der Waals surface area contributed by atoms with Crippen molar-refractivity contribution >= 4 is 25.2 Å². The van der Waals surface area contributed by atoms with E-state index in [-0.39, 0.29) is 7.43 Å². The van der Waals surface area contributed by atoms with Crippen LogP contribution in [0.5, 0.6) is 0 Å². The van der Waals surface area contributed by atoms with Crippen molar-refractivity contribution in [2.75, 3.05) is 39.6 Å². The number of hydrogen-bond donors (Lipinski definition) is 0. The van der Waals surface area contributed by atoms with E-state index in [1.165, 1.54) is 25.7 Å². The van der Waals surface area contributed by atoms with E-state index in [4.69, 9.17) is 27.2 Å². The zero-order chi connectivity index (χ0) is 24.0.